The molecule has 0 radical (unpaired) electrons. The van der Waals surface area contributed by atoms with E-state index in [1.807, 2.05) is 31.2 Å². The molecule has 0 saturated carbocycles. The maximum absolute atomic E-state index is 13.1. The van der Waals surface area contributed by atoms with Gasteiger partial charge in [-0.25, -0.2) is 8.42 Å². The number of hydrogen-bond acceptors (Lipinski definition) is 5. The normalized spacial score (nSPS) is 18.4. The van der Waals surface area contributed by atoms with Gasteiger partial charge in [0.25, 0.3) is 0 Å². The number of methoxy groups -OCH3 is 1. The van der Waals surface area contributed by atoms with E-state index in [0.717, 1.165) is 24.3 Å². The number of hydrogen-bond donors (Lipinski definition) is 0. The predicted molar refractivity (Wildman–Crippen MR) is 103 cm³/mol. The summed E-state index contributed by atoms with van der Waals surface area (Å²) < 4.78 is 40.4. The molecule has 1 aliphatic rings. The standard InChI is InChI=1S/C19H27N3O4S/c1-4-21-13-19(15(2)20-21)27(23,24)22-10-6-7-16(12-22)14-26-18-9-5-8-17(11-18)25-3/h5,8-9,11,13,16H,4,6-7,10,12,14H2,1-3H3/t16-/m0/s1. The number of benzene rings is 1. The Bertz CT molecular complexity index is 879. The largest absolute Gasteiger partial charge is 0.497 e. The van der Waals surface area contributed by atoms with Gasteiger partial charge >= 0.3 is 0 Å². The van der Waals surface area contributed by atoms with Crippen LogP contribution in [0.2, 0.25) is 0 Å². The SMILES string of the molecule is CCn1cc(S(=O)(=O)N2CCC[C@H](COc3cccc(OC)c3)C2)c(C)n1. The molecule has 27 heavy (non-hydrogen) atoms. The second-order valence-corrected chi connectivity index (χ2v) is 8.70. The highest BCUT2D eigenvalue weighted by Gasteiger charge is 2.32. The highest BCUT2D eigenvalue weighted by Crippen LogP contribution is 2.26. The topological polar surface area (TPSA) is 73.7 Å². The molecule has 2 heterocycles. The fourth-order valence-electron chi connectivity index (χ4n) is 3.34. The van der Waals surface area contributed by atoms with Crippen molar-refractivity contribution in [2.45, 2.75) is 38.1 Å². The van der Waals surface area contributed by atoms with Crippen LogP contribution < -0.4 is 9.47 Å². The van der Waals surface area contributed by atoms with E-state index in [0.29, 0.717) is 36.8 Å². The van der Waals surface area contributed by atoms with Gasteiger partial charge in [-0.2, -0.15) is 9.40 Å². The molecule has 8 heteroatoms. The van der Waals surface area contributed by atoms with Crippen molar-refractivity contribution in [3.05, 3.63) is 36.2 Å². The summed E-state index contributed by atoms with van der Waals surface area (Å²) in [6, 6.07) is 7.45. The molecule has 1 fully saturated rings. The second kappa shape index (κ2) is 8.31. The lowest BCUT2D eigenvalue weighted by atomic mass is 10.0. The molecular weight excluding hydrogens is 366 g/mol. The maximum Gasteiger partial charge on any atom is 0.246 e. The zero-order valence-electron chi connectivity index (χ0n) is 16.1. The van der Waals surface area contributed by atoms with E-state index in [2.05, 4.69) is 5.10 Å². The highest BCUT2D eigenvalue weighted by atomic mass is 32.2. The average molecular weight is 394 g/mol. The lowest BCUT2D eigenvalue weighted by molar-refractivity contribution is 0.180. The first-order valence-corrected chi connectivity index (χ1v) is 10.7. The molecule has 1 atom stereocenters. The minimum absolute atomic E-state index is 0.154. The lowest BCUT2D eigenvalue weighted by Gasteiger charge is -2.31. The number of rotatable bonds is 7. The Morgan fingerprint density at radius 1 is 1.30 bits per heavy atom. The van der Waals surface area contributed by atoms with Crippen molar-refractivity contribution in [1.29, 1.82) is 0 Å². The highest BCUT2D eigenvalue weighted by molar-refractivity contribution is 7.89. The monoisotopic (exact) mass is 393 g/mol. The molecule has 0 amide bonds. The molecule has 1 aliphatic heterocycles. The molecule has 148 valence electrons. The van der Waals surface area contributed by atoms with E-state index in [9.17, 15) is 8.42 Å². The number of aromatic nitrogens is 2. The van der Waals surface area contributed by atoms with Crippen molar-refractivity contribution in [1.82, 2.24) is 14.1 Å². The van der Waals surface area contributed by atoms with Crippen molar-refractivity contribution in [2.75, 3.05) is 26.8 Å². The Hall–Kier alpha value is -2.06. The van der Waals surface area contributed by atoms with Crippen LogP contribution in [0.3, 0.4) is 0 Å². The summed E-state index contributed by atoms with van der Waals surface area (Å²) in [7, 11) is -1.92. The molecule has 2 aromatic rings. The van der Waals surface area contributed by atoms with Gasteiger partial charge in [0.05, 0.1) is 19.4 Å². The second-order valence-electron chi connectivity index (χ2n) is 6.80. The maximum atomic E-state index is 13.1. The van der Waals surface area contributed by atoms with Crippen molar-refractivity contribution in [2.24, 2.45) is 5.92 Å². The molecule has 0 unspecified atom stereocenters. The summed E-state index contributed by atoms with van der Waals surface area (Å²) in [5.41, 5.74) is 0.548. The number of aryl methyl sites for hydroxylation is 2. The van der Waals surface area contributed by atoms with Gasteiger partial charge in [-0.15, -0.1) is 0 Å². The van der Waals surface area contributed by atoms with E-state index in [-0.39, 0.29) is 5.92 Å². The van der Waals surface area contributed by atoms with E-state index in [1.165, 1.54) is 0 Å². The number of nitrogens with zero attached hydrogens (tertiary/aromatic N) is 3. The van der Waals surface area contributed by atoms with E-state index < -0.39 is 10.0 Å². The van der Waals surface area contributed by atoms with Crippen LogP contribution in [-0.4, -0.2) is 49.3 Å². The lowest BCUT2D eigenvalue weighted by Crippen LogP contribution is -2.41. The van der Waals surface area contributed by atoms with Gasteiger partial charge in [0.1, 0.15) is 16.4 Å². The van der Waals surface area contributed by atoms with Crippen molar-refractivity contribution >= 4 is 10.0 Å². The first-order valence-electron chi connectivity index (χ1n) is 9.25. The Kier molecular flexibility index (Phi) is 6.06. The molecule has 1 aromatic carbocycles. The fraction of sp³-hybridized carbons (Fsp3) is 0.526. The summed E-state index contributed by atoms with van der Waals surface area (Å²) in [5.74, 6) is 1.62. The quantitative estimate of drug-likeness (QED) is 0.723. The molecular formula is C19H27N3O4S. The summed E-state index contributed by atoms with van der Waals surface area (Å²) in [6.07, 6.45) is 3.40. The Morgan fingerprint density at radius 2 is 2.07 bits per heavy atom. The smallest absolute Gasteiger partial charge is 0.246 e. The Labute approximate surface area is 160 Å². The van der Waals surface area contributed by atoms with Crippen LogP contribution in [0.1, 0.15) is 25.5 Å². The van der Waals surface area contributed by atoms with Gasteiger partial charge in [-0.1, -0.05) is 6.07 Å². The van der Waals surface area contributed by atoms with Crippen LogP contribution in [0.25, 0.3) is 0 Å². The molecule has 0 spiro atoms. The Balaban J connectivity index is 1.67. The number of sulfonamides is 1. The minimum Gasteiger partial charge on any atom is -0.497 e. The third-order valence-electron chi connectivity index (χ3n) is 4.85. The summed E-state index contributed by atoms with van der Waals surface area (Å²) in [6.45, 7) is 5.81. The van der Waals surface area contributed by atoms with Crippen LogP contribution in [0, 0.1) is 12.8 Å². The van der Waals surface area contributed by atoms with Gasteiger partial charge in [0.2, 0.25) is 10.0 Å². The van der Waals surface area contributed by atoms with Gasteiger partial charge in [0, 0.05) is 37.8 Å². The number of piperidine rings is 1. The molecule has 7 nitrogen and oxygen atoms in total. The molecule has 0 N–H and O–H groups in total. The van der Waals surface area contributed by atoms with Crippen LogP contribution in [-0.2, 0) is 16.6 Å². The molecule has 1 saturated heterocycles. The minimum atomic E-state index is -3.53. The third-order valence-corrected chi connectivity index (χ3v) is 6.82. The fourth-order valence-corrected chi connectivity index (χ4v) is 5.06. The van der Waals surface area contributed by atoms with E-state index in [4.69, 9.17) is 9.47 Å². The zero-order valence-corrected chi connectivity index (χ0v) is 16.9. The molecule has 3 rings (SSSR count). The summed E-state index contributed by atoms with van der Waals surface area (Å²) in [4.78, 5) is 0.304. The molecule has 1 aromatic heterocycles. The average Bonchev–Trinajstić information content (AvgIpc) is 3.08. The van der Waals surface area contributed by atoms with Gasteiger partial charge < -0.3 is 9.47 Å². The van der Waals surface area contributed by atoms with Gasteiger partial charge in [0.15, 0.2) is 0 Å². The first kappa shape index (κ1) is 19.7. The van der Waals surface area contributed by atoms with Gasteiger partial charge in [-0.05, 0) is 38.8 Å². The predicted octanol–water partition coefficient (Wildman–Crippen LogP) is 2.70. The first-order chi connectivity index (χ1) is 12.9. The van der Waals surface area contributed by atoms with Crippen molar-refractivity contribution < 1.29 is 17.9 Å². The third kappa shape index (κ3) is 4.44. The van der Waals surface area contributed by atoms with E-state index >= 15 is 0 Å². The van der Waals surface area contributed by atoms with E-state index in [1.54, 1.807) is 29.2 Å². The zero-order chi connectivity index (χ0) is 19.4. The van der Waals surface area contributed by atoms with Crippen molar-refractivity contribution in [3.63, 3.8) is 0 Å². The summed E-state index contributed by atoms with van der Waals surface area (Å²) in [5, 5.41) is 4.28. The Morgan fingerprint density at radius 3 is 2.78 bits per heavy atom. The summed E-state index contributed by atoms with van der Waals surface area (Å²) >= 11 is 0. The van der Waals surface area contributed by atoms with Crippen LogP contribution in [0.4, 0.5) is 0 Å². The molecule has 0 aliphatic carbocycles. The van der Waals surface area contributed by atoms with Gasteiger partial charge in [-0.3, -0.25) is 4.68 Å². The van der Waals surface area contributed by atoms with Crippen molar-refractivity contribution in [3.8, 4) is 11.5 Å². The van der Waals surface area contributed by atoms with Crippen LogP contribution in [0.15, 0.2) is 35.4 Å². The number of ether oxygens (including phenoxy) is 2. The van der Waals surface area contributed by atoms with Crippen LogP contribution >= 0.6 is 0 Å². The van der Waals surface area contributed by atoms with Crippen LogP contribution in [0.5, 0.6) is 11.5 Å². The molecule has 0 bridgehead atoms.